The molecule has 0 aliphatic carbocycles. The van der Waals surface area contributed by atoms with E-state index in [0.29, 0.717) is 23.5 Å². The van der Waals surface area contributed by atoms with Crippen LogP contribution < -0.4 is 0 Å². The highest BCUT2D eigenvalue weighted by atomic mass is 16.4. The van der Waals surface area contributed by atoms with Gasteiger partial charge in [0.15, 0.2) is 0 Å². The Morgan fingerprint density at radius 1 is 1.07 bits per heavy atom. The first-order chi connectivity index (χ1) is 14.2. The highest BCUT2D eigenvalue weighted by Crippen LogP contribution is 2.32. The second-order valence-corrected chi connectivity index (χ2v) is 7.75. The average Bonchev–Trinajstić information content (AvgIpc) is 3.21. The van der Waals surface area contributed by atoms with Gasteiger partial charge in [0.25, 0.3) is 0 Å². The maximum atomic E-state index is 12.4. The van der Waals surface area contributed by atoms with E-state index in [-0.39, 0.29) is 0 Å². The number of benzene rings is 2. The van der Waals surface area contributed by atoms with Crippen molar-refractivity contribution in [3.05, 3.63) is 78.0 Å². The normalized spacial score (nSPS) is 18.9. The third-order valence-corrected chi connectivity index (χ3v) is 5.95. The predicted octanol–water partition coefficient (Wildman–Crippen LogP) is 4.00. The Morgan fingerprint density at radius 3 is 2.69 bits per heavy atom. The summed E-state index contributed by atoms with van der Waals surface area (Å²) in [5.41, 5.74) is 3.63. The molecule has 0 bridgehead atoms. The standard InChI is InChI=1S/C24H23N3O2/c28-24(29)22-19-10-4-5-11-21(19)25-23(17-7-2-1-3-8-17)20(22)16-26-13-14-27-12-6-9-18(27)15-26/h1-8,10-12,18H,9,13-16H2,(H,28,29). The van der Waals surface area contributed by atoms with Gasteiger partial charge >= 0.3 is 5.97 Å². The van der Waals surface area contributed by atoms with Gasteiger partial charge < -0.3 is 10.0 Å². The molecular weight excluding hydrogens is 362 g/mol. The molecule has 5 rings (SSSR count). The van der Waals surface area contributed by atoms with Gasteiger partial charge in [-0.2, -0.15) is 0 Å². The number of carboxylic acids is 1. The summed E-state index contributed by atoms with van der Waals surface area (Å²) in [4.78, 5) is 22.1. The Labute approximate surface area is 169 Å². The van der Waals surface area contributed by atoms with Crippen LogP contribution in [0.4, 0.5) is 0 Å². The summed E-state index contributed by atoms with van der Waals surface area (Å²) >= 11 is 0. The molecule has 1 fully saturated rings. The van der Waals surface area contributed by atoms with Crippen molar-refractivity contribution in [2.45, 2.75) is 19.0 Å². The fourth-order valence-corrected chi connectivity index (χ4v) is 4.54. The smallest absolute Gasteiger partial charge is 0.336 e. The van der Waals surface area contributed by atoms with Crippen molar-refractivity contribution in [1.29, 1.82) is 0 Å². The molecule has 1 unspecified atom stereocenters. The van der Waals surface area contributed by atoms with Gasteiger partial charge in [-0.1, -0.05) is 54.6 Å². The molecule has 0 saturated carbocycles. The van der Waals surface area contributed by atoms with E-state index in [4.69, 9.17) is 4.98 Å². The van der Waals surface area contributed by atoms with Crippen LogP contribution in [0.3, 0.4) is 0 Å². The van der Waals surface area contributed by atoms with Crippen LogP contribution in [0.2, 0.25) is 0 Å². The number of pyridine rings is 1. The third kappa shape index (κ3) is 3.28. The lowest BCUT2D eigenvalue weighted by Crippen LogP contribution is -2.48. The molecule has 5 heteroatoms. The van der Waals surface area contributed by atoms with Crippen LogP contribution in [0.1, 0.15) is 22.3 Å². The summed E-state index contributed by atoms with van der Waals surface area (Å²) in [5.74, 6) is -0.892. The molecule has 146 valence electrons. The van der Waals surface area contributed by atoms with Gasteiger partial charge in [-0.05, 0) is 18.7 Å². The molecule has 1 saturated heterocycles. The Bertz CT molecular complexity index is 1090. The molecule has 2 aromatic carbocycles. The zero-order chi connectivity index (χ0) is 19.8. The van der Waals surface area contributed by atoms with E-state index >= 15 is 0 Å². The fourth-order valence-electron chi connectivity index (χ4n) is 4.54. The van der Waals surface area contributed by atoms with Crippen LogP contribution in [0.5, 0.6) is 0 Å². The van der Waals surface area contributed by atoms with Gasteiger partial charge in [-0.3, -0.25) is 4.90 Å². The van der Waals surface area contributed by atoms with Crippen LogP contribution >= 0.6 is 0 Å². The Morgan fingerprint density at radius 2 is 1.86 bits per heavy atom. The van der Waals surface area contributed by atoms with Crippen molar-refractivity contribution >= 4 is 16.9 Å². The molecule has 3 heterocycles. The molecule has 1 atom stereocenters. The predicted molar refractivity (Wildman–Crippen MR) is 114 cm³/mol. The van der Waals surface area contributed by atoms with Gasteiger partial charge in [-0.15, -0.1) is 0 Å². The number of hydrogen-bond donors (Lipinski definition) is 1. The number of nitrogens with zero attached hydrogens (tertiary/aromatic N) is 3. The lowest BCUT2D eigenvalue weighted by atomic mass is 9.95. The van der Waals surface area contributed by atoms with Crippen molar-refractivity contribution in [2.24, 2.45) is 0 Å². The molecule has 29 heavy (non-hydrogen) atoms. The molecule has 0 radical (unpaired) electrons. The van der Waals surface area contributed by atoms with E-state index in [0.717, 1.165) is 48.4 Å². The second-order valence-electron chi connectivity index (χ2n) is 7.75. The molecular formula is C24H23N3O2. The monoisotopic (exact) mass is 385 g/mol. The lowest BCUT2D eigenvalue weighted by molar-refractivity contribution is 0.0694. The van der Waals surface area contributed by atoms with Crippen LogP contribution in [0, 0.1) is 0 Å². The minimum absolute atomic E-state index is 0.376. The maximum absolute atomic E-state index is 12.4. The third-order valence-electron chi connectivity index (χ3n) is 5.95. The minimum atomic E-state index is -0.892. The number of rotatable bonds is 4. The number of carboxylic acid groups (broad SMARTS) is 1. The van der Waals surface area contributed by atoms with Crippen molar-refractivity contribution in [3.63, 3.8) is 0 Å². The molecule has 0 amide bonds. The molecule has 3 aromatic rings. The summed E-state index contributed by atoms with van der Waals surface area (Å²) in [6.45, 7) is 3.42. The molecule has 1 aromatic heterocycles. The molecule has 2 aliphatic rings. The second kappa shape index (κ2) is 7.33. The number of aromatic carboxylic acids is 1. The number of hydrogen-bond acceptors (Lipinski definition) is 4. The first-order valence-corrected chi connectivity index (χ1v) is 10.1. The topological polar surface area (TPSA) is 56.7 Å². The number of aromatic nitrogens is 1. The molecule has 0 spiro atoms. The summed E-state index contributed by atoms with van der Waals surface area (Å²) in [5, 5.41) is 10.9. The lowest BCUT2D eigenvalue weighted by Gasteiger charge is -2.38. The number of piperazine rings is 1. The first kappa shape index (κ1) is 17.9. The van der Waals surface area contributed by atoms with E-state index < -0.39 is 5.97 Å². The van der Waals surface area contributed by atoms with Gasteiger partial charge in [0, 0.05) is 48.7 Å². The van der Waals surface area contributed by atoms with Crippen molar-refractivity contribution in [3.8, 4) is 11.3 Å². The van der Waals surface area contributed by atoms with E-state index in [1.165, 1.54) is 0 Å². The van der Waals surface area contributed by atoms with Gasteiger partial charge in [0.2, 0.25) is 0 Å². The van der Waals surface area contributed by atoms with E-state index in [1.807, 2.05) is 54.6 Å². The van der Waals surface area contributed by atoms with Crippen molar-refractivity contribution < 1.29 is 9.90 Å². The highest BCUT2D eigenvalue weighted by molar-refractivity contribution is 6.05. The Balaban J connectivity index is 1.63. The summed E-state index contributed by atoms with van der Waals surface area (Å²) in [6.07, 6.45) is 5.48. The Hall–Kier alpha value is -3.18. The zero-order valence-electron chi connectivity index (χ0n) is 16.2. The van der Waals surface area contributed by atoms with Crippen molar-refractivity contribution in [2.75, 3.05) is 19.6 Å². The molecule has 5 nitrogen and oxygen atoms in total. The van der Waals surface area contributed by atoms with Gasteiger partial charge in [-0.25, -0.2) is 9.78 Å². The molecule has 2 aliphatic heterocycles. The van der Waals surface area contributed by atoms with E-state index in [2.05, 4.69) is 22.1 Å². The highest BCUT2D eigenvalue weighted by Gasteiger charge is 2.29. The summed E-state index contributed by atoms with van der Waals surface area (Å²) in [7, 11) is 0. The van der Waals surface area contributed by atoms with E-state index in [9.17, 15) is 9.90 Å². The van der Waals surface area contributed by atoms with Gasteiger partial charge in [0.05, 0.1) is 16.8 Å². The summed E-state index contributed by atoms with van der Waals surface area (Å²) in [6, 6.07) is 18.0. The quantitative estimate of drug-likeness (QED) is 0.736. The fraction of sp³-hybridized carbons (Fsp3) is 0.250. The van der Waals surface area contributed by atoms with Crippen LogP contribution in [0.25, 0.3) is 22.2 Å². The van der Waals surface area contributed by atoms with Crippen LogP contribution in [-0.4, -0.2) is 51.5 Å². The first-order valence-electron chi connectivity index (χ1n) is 10.1. The van der Waals surface area contributed by atoms with Crippen molar-refractivity contribution in [1.82, 2.24) is 14.8 Å². The Kier molecular flexibility index (Phi) is 4.52. The zero-order valence-corrected chi connectivity index (χ0v) is 16.2. The number of para-hydroxylation sites is 1. The SMILES string of the molecule is O=C(O)c1c(CN2CCN3C=CCC3C2)c(-c2ccccc2)nc2ccccc12. The largest absolute Gasteiger partial charge is 0.478 e. The average molecular weight is 385 g/mol. The van der Waals surface area contributed by atoms with Gasteiger partial charge in [0.1, 0.15) is 0 Å². The maximum Gasteiger partial charge on any atom is 0.336 e. The van der Waals surface area contributed by atoms with Crippen LogP contribution in [-0.2, 0) is 6.54 Å². The summed E-state index contributed by atoms with van der Waals surface area (Å²) < 4.78 is 0. The number of carbonyl (C=O) groups is 1. The minimum Gasteiger partial charge on any atom is -0.478 e. The van der Waals surface area contributed by atoms with Crippen LogP contribution in [0.15, 0.2) is 66.9 Å². The number of fused-ring (bicyclic) bond motifs is 2. The van der Waals surface area contributed by atoms with E-state index in [1.54, 1.807) is 0 Å². The molecule has 1 N–H and O–H groups in total.